The third kappa shape index (κ3) is 8.57. The lowest BCUT2D eigenvalue weighted by atomic mass is 9.96. The molecule has 0 aliphatic rings. The summed E-state index contributed by atoms with van der Waals surface area (Å²) in [6.07, 6.45) is 5.09. The van der Waals surface area contributed by atoms with Gasteiger partial charge in [0, 0.05) is 24.6 Å². The molecule has 0 heterocycles. The Bertz CT molecular complexity index is 1130. The van der Waals surface area contributed by atoms with E-state index in [0.29, 0.717) is 16.7 Å². The summed E-state index contributed by atoms with van der Waals surface area (Å²) in [6.45, 7) is 10.8. The highest BCUT2D eigenvalue weighted by Crippen LogP contribution is 2.26. The van der Waals surface area contributed by atoms with Crippen LogP contribution in [0.2, 0.25) is 0 Å². The van der Waals surface area contributed by atoms with Gasteiger partial charge in [0.2, 0.25) is 11.8 Å². The largest absolute Gasteiger partial charge is 0.508 e. The zero-order chi connectivity index (χ0) is 27.8. The van der Waals surface area contributed by atoms with E-state index < -0.39 is 29.7 Å². The average Bonchev–Trinajstić information content (AvgIpc) is 2.81. The average molecular weight is 508 g/mol. The van der Waals surface area contributed by atoms with E-state index in [1.165, 1.54) is 17.0 Å². The number of rotatable bonds is 9. The highest BCUT2D eigenvalue weighted by molar-refractivity contribution is 5.92. The van der Waals surface area contributed by atoms with Gasteiger partial charge in [-0.05, 0) is 70.9 Å². The van der Waals surface area contributed by atoms with Crippen LogP contribution in [0.15, 0.2) is 48.5 Å². The van der Waals surface area contributed by atoms with Gasteiger partial charge in [-0.1, -0.05) is 36.3 Å². The summed E-state index contributed by atoms with van der Waals surface area (Å²) >= 11 is 0. The van der Waals surface area contributed by atoms with Crippen molar-refractivity contribution in [3.63, 3.8) is 0 Å². The van der Waals surface area contributed by atoms with Crippen molar-refractivity contribution in [2.24, 2.45) is 0 Å². The van der Waals surface area contributed by atoms with Gasteiger partial charge in [-0.25, -0.2) is 4.79 Å². The standard InChI is InChI=1S/C29H37N3O5/c1-8-21-12-10-11-13-23(21)25(26(34)30-19(3)4)32(9-2)27(35)24(31-28(36)37-29(5,6)7)18-20-14-16-22(33)17-15-20/h1,10-17,19,24-25,33H,9,18H2,2-7H3,(H,30,34)(H,31,36). The molecule has 0 bridgehead atoms. The van der Waals surface area contributed by atoms with Crippen LogP contribution in [-0.4, -0.2) is 52.1 Å². The van der Waals surface area contributed by atoms with E-state index in [2.05, 4.69) is 16.6 Å². The number of carbonyl (C=O) groups is 3. The first kappa shape index (κ1) is 29.2. The number of alkyl carbamates (subject to hydrolysis) is 1. The van der Waals surface area contributed by atoms with Crippen molar-refractivity contribution in [3.8, 4) is 18.1 Å². The van der Waals surface area contributed by atoms with E-state index in [-0.39, 0.29) is 30.7 Å². The third-order valence-corrected chi connectivity index (χ3v) is 5.39. The first-order valence-electron chi connectivity index (χ1n) is 12.3. The summed E-state index contributed by atoms with van der Waals surface area (Å²) in [7, 11) is 0. The summed E-state index contributed by atoms with van der Waals surface area (Å²) in [6, 6.07) is 11.1. The first-order chi connectivity index (χ1) is 17.4. The lowest BCUT2D eigenvalue weighted by molar-refractivity contribution is -0.142. The predicted octanol–water partition coefficient (Wildman–Crippen LogP) is 3.92. The van der Waals surface area contributed by atoms with E-state index in [4.69, 9.17) is 11.2 Å². The minimum Gasteiger partial charge on any atom is -0.508 e. The van der Waals surface area contributed by atoms with Crippen LogP contribution in [0.1, 0.15) is 64.3 Å². The van der Waals surface area contributed by atoms with Crippen molar-refractivity contribution in [3.05, 3.63) is 65.2 Å². The number of amides is 3. The first-order valence-corrected chi connectivity index (χ1v) is 12.3. The Morgan fingerprint density at radius 1 is 1.05 bits per heavy atom. The van der Waals surface area contributed by atoms with Crippen molar-refractivity contribution < 1.29 is 24.2 Å². The number of nitrogens with zero attached hydrogens (tertiary/aromatic N) is 1. The van der Waals surface area contributed by atoms with Gasteiger partial charge in [-0.3, -0.25) is 9.59 Å². The zero-order valence-corrected chi connectivity index (χ0v) is 22.4. The minimum atomic E-state index is -1.05. The van der Waals surface area contributed by atoms with Gasteiger partial charge in [0.1, 0.15) is 23.4 Å². The number of likely N-dealkylation sites (N-methyl/N-ethyl adjacent to an activating group) is 1. The number of phenols is 1. The molecule has 198 valence electrons. The quantitative estimate of drug-likeness (QED) is 0.446. The number of hydrogen-bond acceptors (Lipinski definition) is 5. The number of benzene rings is 2. The fourth-order valence-corrected chi connectivity index (χ4v) is 3.86. The van der Waals surface area contributed by atoms with Crippen molar-refractivity contribution in [2.75, 3.05) is 6.54 Å². The zero-order valence-electron chi connectivity index (χ0n) is 22.4. The van der Waals surface area contributed by atoms with Crippen LogP contribution >= 0.6 is 0 Å². The lowest BCUT2D eigenvalue weighted by Crippen LogP contribution is -2.54. The topological polar surface area (TPSA) is 108 Å². The fourth-order valence-electron chi connectivity index (χ4n) is 3.86. The molecule has 37 heavy (non-hydrogen) atoms. The Morgan fingerprint density at radius 2 is 1.68 bits per heavy atom. The fraction of sp³-hybridized carbons (Fsp3) is 0.414. The molecule has 0 saturated carbocycles. The molecule has 2 aromatic rings. The second-order valence-electron chi connectivity index (χ2n) is 9.99. The maximum Gasteiger partial charge on any atom is 0.408 e. The van der Waals surface area contributed by atoms with E-state index in [1.807, 2.05) is 13.8 Å². The maximum absolute atomic E-state index is 14.0. The number of aromatic hydroxyl groups is 1. The molecule has 0 radical (unpaired) electrons. The molecular weight excluding hydrogens is 470 g/mol. The molecule has 0 aliphatic heterocycles. The van der Waals surface area contributed by atoms with Crippen LogP contribution in [-0.2, 0) is 20.7 Å². The number of nitrogens with one attached hydrogen (secondary N) is 2. The molecule has 0 aromatic heterocycles. The van der Waals surface area contributed by atoms with Gasteiger partial charge in [-0.15, -0.1) is 6.42 Å². The molecule has 2 aromatic carbocycles. The van der Waals surface area contributed by atoms with Crippen LogP contribution in [0.4, 0.5) is 4.79 Å². The highest BCUT2D eigenvalue weighted by Gasteiger charge is 2.36. The molecule has 0 fully saturated rings. The van der Waals surface area contributed by atoms with Gasteiger partial charge < -0.3 is 25.4 Å². The van der Waals surface area contributed by atoms with Crippen LogP contribution in [0, 0.1) is 12.3 Å². The Labute approximate surface area is 219 Å². The van der Waals surface area contributed by atoms with Crippen molar-refractivity contribution in [1.82, 2.24) is 15.5 Å². The molecule has 8 heteroatoms. The monoisotopic (exact) mass is 507 g/mol. The number of carbonyl (C=O) groups excluding carboxylic acids is 3. The van der Waals surface area contributed by atoms with Crippen molar-refractivity contribution >= 4 is 17.9 Å². The Hall–Kier alpha value is -3.99. The van der Waals surface area contributed by atoms with Gasteiger partial charge in [-0.2, -0.15) is 0 Å². The Balaban J connectivity index is 2.53. The molecule has 2 unspecified atom stereocenters. The molecule has 0 spiro atoms. The lowest BCUT2D eigenvalue weighted by Gasteiger charge is -2.34. The SMILES string of the molecule is C#Cc1ccccc1C(C(=O)NC(C)C)N(CC)C(=O)C(Cc1ccc(O)cc1)NC(=O)OC(C)(C)C. The Kier molecular flexibility index (Phi) is 10.1. The molecule has 0 aliphatic carbocycles. The number of hydrogen-bond donors (Lipinski definition) is 3. The normalized spacial score (nSPS) is 12.7. The summed E-state index contributed by atoms with van der Waals surface area (Å²) in [5.41, 5.74) is 0.939. The summed E-state index contributed by atoms with van der Waals surface area (Å²) < 4.78 is 5.40. The van der Waals surface area contributed by atoms with E-state index >= 15 is 0 Å². The summed E-state index contributed by atoms with van der Waals surface area (Å²) in [4.78, 5) is 41.6. The summed E-state index contributed by atoms with van der Waals surface area (Å²) in [5, 5.41) is 15.2. The summed E-state index contributed by atoms with van der Waals surface area (Å²) in [5.74, 6) is 1.83. The van der Waals surface area contributed by atoms with E-state index in [9.17, 15) is 19.5 Å². The molecule has 0 saturated heterocycles. The van der Waals surface area contributed by atoms with E-state index in [1.54, 1.807) is 64.1 Å². The van der Waals surface area contributed by atoms with Crippen molar-refractivity contribution in [2.45, 2.75) is 71.7 Å². The van der Waals surface area contributed by atoms with E-state index in [0.717, 1.165) is 0 Å². The van der Waals surface area contributed by atoms with Crippen LogP contribution < -0.4 is 10.6 Å². The molecule has 2 rings (SSSR count). The van der Waals surface area contributed by atoms with Gasteiger partial charge in [0.15, 0.2) is 0 Å². The second-order valence-corrected chi connectivity index (χ2v) is 9.99. The van der Waals surface area contributed by atoms with Gasteiger partial charge in [0.25, 0.3) is 0 Å². The highest BCUT2D eigenvalue weighted by atomic mass is 16.6. The molecule has 8 nitrogen and oxygen atoms in total. The van der Waals surface area contributed by atoms with Gasteiger partial charge >= 0.3 is 6.09 Å². The number of terminal acetylenes is 1. The maximum atomic E-state index is 14.0. The number of ether oxygens (including phenoxy) is 1. The number of phenolic OH excluding ortho intramolecular Hbond substituents is 1. The third-order valence-electron chi connectivity index (χ3n) is 5.39. The van der Waals surface area contributed by atoms with Crippen LogP contribution in [0.25, 0.3) is 0 Å². The van der Waals surface area contributed by atoms with Gasteiger partial charge in [0.05, 0.1) is 0 Å². The van der Waals surface area contributed by atoms with Crippen molar-refractivity contribution in [1.29, 1.82) is 0 Å². The van der Waals surface area contributed by atoms with Crippen LogP contribution in [0.3, 0.4) is 0 Å². The molecule has 3 N–H and O–H groups in total. The predicted molar refractivity (Wildman–Crippen MR) is 143 cm³/mol. The minimum absolute atomic E-state index is 0.0817. The molecule has 2 atom stereocenters. The molecule has 3 amide bonds. The molecular formula is C29H37N3O5. The van der Waals surface area contributed by atoms with Crippen LogP contribution in [0.5, 0.6) is 5.75 Å². The Morgan fingerprint density at radius 3 is 2.22 bits per heavy atom. The smallest absolute Gasteiger partial charge is 0.408 e. The second kappa shape index (κ2) is 12.8.